The zero-order valence-electron chi connectivity index (χ0n) is 7.29. The molecule has 0 amide bonds. The number of nitrogens with one attached hydrogen (secondary N) is 1. The van der Waals surface area contributed by atoms with Gasteiger partial charge in [-0.05, 0) is 18.9 Å². The maximum absolute atomic E-state index is 10.9. The average Bonchev–Trinajstić information content (AvgIpc) is 2.03. The fourth-order valence-corrected chi connectivity index (χ4v) is 1.45. The molecule has 0 bridgehead atoms. The number of H-pyrrole nitrogens is 1. The normalized spacial score (nSPS) is 12.9. The Hall–Kier alpha value is -0.700. The van der Waals surface area contributed by atoms with Crippen molar-refractivity contribution in [3.8, 4) is 0 Å². The van der Waals surface area contributed by atoms with Gasteiger partial charge in [-0.2, -0.15) is 12.6 Å². The minimum absolute atomic E-state index is 0.0374. The monoisotopic (exact) mass is 183 g/mol. The van der Waals surface area contributed by atoms with E-state index < -0.39 is 0 Å². The number of aromatic amines is 1. The van der Waals surface area contributed by atoms with Crippen molar-refractivity contribution < 1.29 is 0 Å². The molecule has 1 N–H and O–H groups in total. The lowest BCUT2D eigenvalue weighted by Gasteiger charge is -2.08. The molecule has 0 aliphatic carbocycles. The summed E-state index contributed by atoms with van der Waals surface area (Å²) in [6, 6.07) is 3.39. The Bertz CT molecular complexity index is 317. The van der Waals surface area contributed by atoms with Crippen molar-refractivity contribution in [1.82, 2.24) is 4.98 Å². The summed E-state index contributed by atoms with van der Waals surface area (Å²) in [6.45, 7) is 4.01. The van der Waals surface area contributed by atoms with Crippen LogP contribution in [-0.2, 0) is 6.42 Å². The maximum atomic E-state index is 10.9. The summed E-state index contributed by atoms with van der Waals surface area (Å²) in [5.41, 5.74) is 2.06. The van der Waals surface area contributed by atoms with E-state index in [1.807, 2.05) is 19.9 Å². The molecule has 0 radical (unpaired) electrons. The SMILES string of the molecule is CCc1[nH]c(=O)ccc1C(C)S. The molecule has 0 aliphatic heterocycles. The van der Waals surface area contributed by atoms with Crippen LogP contribution in [0.2, 0.25) is 0 Å². The molecule has 1 aromatic heterocycles. The Labute approximate surface area is 77.4 Å². The Balaban J connectivity index is 3.20. The van der Waals surface area contributed by atoms with Crippen LogP contribution >= 0.6 is 12.6 Å². The molecule has 66 valence electrons. The van der Waals surface area contributed by atoms with E-state index in [-0.39, 0.29) is 10.8 Å². The van der Waals surface area contributed by atoms with Crippen molar-refractivity contribution in [2.24, 2.45) is 0 Å². The first-order valence-corrected chi connectivity index (χ1v) is 4.57. The van der Waals surface area contributed by atoms with Crippen LogP contribution in [0.5, 0.6) is 0 Å². The third-order valence-electron chi connectivity index (χ3n) is 1.84. The van der Waals surface area contributed by atoms with Crippen molar-refractivity contribution >= 4 is 12.6 Å². The van der Waals surface area contributed by atoms with Crippen LogP contribution in [0.15, 0.2) is 16.9 Å². The number of hydrogen-bond acceptors (Lipinski definition) is 2. The van der Waals surface area contributed by atoms with Crippen LogP contribution in [-0.4, -0.2) is 4.98 Å². The standard InChI is InChI=1S/C9H13NOS/c1-3-8-7(6(2)12)4-5-9(11)10-8/h4-6,12H,3H2,1-2H3,(H,10,11). The molecule has 0 saturated carbocycles. The molecule has 1 atom stereocenters. The second kappa shape index (κ2) is 3.81. The smallest absolute Gasteiger partial charge is 0.248 e. The molecule has 0 fully saturated rings. The summed E-state index contributed by atoms with van der Waals surface area (Å²) in [7, 11) is 0. The van der Waals surface area contributed by atoms with E-state index >= 15 is 0 Å². The fourth-order valence-electron chi connectivity index (χ4n) is 1.21. The van der Waals surface area contributed by atoms with Crippen molar-refractivity contribution in [3.05, 3.63) is 33.7 Å². The predicted molar refractivity (Wildman–Crippen MR) is 53.8 cm³/mol. The first kappa shape index (κ1) is 9.39. The largest absolute Gasteiger partial charge is 0.326 e. The Morgan fingerprint density at radius 3 is 2.75 bits per heavy atom. The van der Waals surface area contributed by atoms with E-state index in [0.29, 0.717) is 0 Å². The first-order chi connectivity index (χ1) is 5.65. The zero-order valence-corrected chi connectivity index (χ0v) is 8.19. The molecule has 12 heavy (non-hydrogen) atoms. The summed E-state index contributed by atoms with van der Waals surface area (Å²) < 4.78 is 0. The van der Waals surface area contributed by atoms with Gasteiger partial charge in [0.2, 0.25) is 5.56 Å². The van der Waals surface area contributed by atoms with Gasteiger partial charge in [0.25, 0.3) is 0 Å². The molecule has 3 heteroatoms. The van der Waals surface area contributed by atoms with Crippen LogP contribution in [0, 0.1) is 0 Å². The lowest BCUT2D eigenvalue weighted by molar-refractivity contribution is 0.940. The minimum Gasteiger partial charge on any atom is -0.326 e. The van der Waals surface area contributed by atoms with Crippen molar-refractivity contribution in [2.75, 3.05) is 0 Å². The number of thiol groups is 1. The molecule has 1 heterocycles. The highest BCUT2D eigenvalue weighted by atomic mass is 32.1. The van der Waals surface area contributed by atoms with Gasteiger partial charge in [-0.3, -0.25) is 4.79 Å². The van der Waals surface area contributed by atoms with E-state index in [9.17, 15) is 4.79 Å². The Morgan fingerprint density at radius 1 is 1.58 bits per heavy atom. The third kappa shape index (κ3) is 1.91. The van der Waals surface area contributed by atoms with E-state index in [2.05, 4.69) is 17.6 Å². The fraction of sp³-hybridized carbons (Fsp3) is 0.444. The van der Waals surface area contributed by atoms with Gasteiger partial charge in [0.15, 0.2) is 0 Å². The first-order valence-electron chi connectivity index (χ1n) is 4.05. The molecular weight excluding hydrogens is 170 g/mol. The molecule has 0 aromatic carbocycles. The lowest BCUT2D eigenvalue weighted by atomic mass is 10.1. The number of aromatic nitrogens is 1. The van der Waals surface area contributed by atoms with Gasteiger partial charge in [-0.1, -0.05) is 13.0 Å². The summed E-state index contributed by atoms with van der Waals surface area (Å²) in [4.78, 5) is 13.7. The number of rotatable bonds is 2. The summed E-state index contributed by atoms with van der Waals surface area (Å²) in [5, 5.41) is 0.178. The number of pyridine rings is 1. The Kier molecular flexibility index (Phi) is 2.98. The van der Waals surface area contributed by atoms with Crippen molar-refractivity contribution in [2.45, 2.75) is 25.5 Å². The molecule has 2 nitrogen and oxygen atoms in total. The summed E-state index contributed by atoms with van der Waals surface area (Å²) >= 11 is 4.32. The highest BCUT2D eigenvalue weighted by molar-refractivity contribution is 7.80. The molecule has 0 spiro atoms. The average molecular weight is 183 g/mol. The molecule has 1 aromatic rings. The number of aryl methyl sites for hydroxylation is 1. The quantitative estimate of drug-likeness (QED) is 0.675. The second-order valence-corrected chi connectivity index (χ2v) is 3.56. The predicted octanol–water partition coefficient (Wildman–Crippen LogP) is 1.93. The highest BCUT2D eigenvalue weighted by Gasteiger charge is 2.05. The third-order valence-corrected chi connectivity index (χ3v) is 2.12. The minimum atomic E-state index is -0.0374. The van der Waals surface area contributed by atoms with Crippen LogP contribution in [0.25, 0.3) is 0 Å². The molecule has 0 saturated heterocycles. The van der Waals surface area contributed by atoms with Crippen molar-refractivity contribution in [1.29, 1.82) is 0 Å². The van der Waals surface area contributed by atoms with Gasteiger partial charge < -0.3 is 4.98 Å². The number of hydrogen-bond donors (Lipinski definition) is 2. The Morgan fingerprint density at radius 2 is 2.25 bits per heavy atom. The van der Waals surface area contributed by atoms with Gasteiger partial charge >= 0.3 is 0 Å². The van der Waals surface area contributed by atoms with E-state index in [0.717, 1.165) is 17.7 Å². The summed E-state index contributed by atoms with van der Waals surface area (Å²) in [5.74, 6) is 0. The van der Waals surface area contributed by atoms with Gasteiger partial charge in [-0.25, -0.2) is 0 Å². The molecular formula is C9H13NOS. The summed E-state index contributed by atoms with van der Waals surface area (Å²) in [6.07, 6.45) is 0.844. The van der Waals surface area contributed by atoms with Crippen LogP contribution in [0.4, 0.5) is 0 Å². The van der Waals surface area contributed by atoms with E-state index in [4.69, 9.17) is 0 Å². The van der Waals surface area contributed by atoms with Crippen molar-refractivity contribution in [3.63, 3.8) is 0 Å². The maximum Gasteiger partial charge on any atom is 0.248 e. The molecule has 0 aliphatic rings. The van der Waals surface area contributed by atoms with Crippen LogP contribution in [0.3, 0.4) is 0 Å². The molecule has 1 unspecified atom stereocenters. The van der Waals surface area contributed by atoms with E-state index in [1.54, 1.807) is 6.07 Å². The van der Waals surface area contributed by atoms with Crippen LogP contribution < -0.4 is 5.56 Å². The van der Waals surface area contributed by atoms with Gasteiger partial charge in [0.05, 0.1) is 0 Å². The molecule has 1 rings (SSSR count). The zero-order chi connectivity index (χ0) is 9.14. The lowest BCUT2D eigenvalue weighted by Crippen LogP contribution is -2.09. The van der Waals surface area contributed by atoms with Gasteiger partial charge in [0, 0.05) is 17.0 Å². The highest BCUT2D eigenvalue weighted by Crippen LogP contribution is 2.20. The van der Waals surface area contributed by atoms with E-state index in [1.165, 1.54) is 0 Å². The van der Waals surface area contributed by atoms with Gasteiger partial charge in [-0.15, -0.1) is 0 Å². The topological polar surface area (TPSA) is 32.9 Å². The second-order valence-electron chi connectivity index (χ2n) is 2.79. The van der Waals surface area contributed by atoms with Gasteiger partial charge in [0.1, 0.15) is 0 Å². The van der Waals surface area contributed by atoms with Crippen LogP contribution in [0.1, 0.15) is 30.4 Å².